The number of hydrogen-bond donors (Lipinski definition) is 2. The summed E-state index contributed by atoms with van der Waals surface area (Å²) in [4.78, 5) is 2.46. The van der Waals surface area contributed by atoms with Crippen molar-refractivity contribution >= 4 is 11.3 Å². The number of nitrogens with zero attached hydrogens (tertiary/aromatic N) is 1. The molecular weight excluding hydrogens is 256 g/mol. The molecular formula is C15H24N2OS. The van der Waals surface area contributed by atoms with Gasteiger partial charge in [-0.2, -0.15) is 11.3 Å². The van der Waals surface area contributed by atoms with Gasteiger partial charge in [-0.25, -0.2) is 0 Å². The van der Waals surface area contributed by atoms with Crippen LogP contribution in [0.25, 0.3) is 0 Å². The maximum Gasteiger partial charge on any atom is 0.1000 e. The topological polar surface area (TPSA) is 35.5 Å². The van der Waals surface area contributed by atoms with Crippen molar-refractivity contribution in [3.8, 4) is 0 Å². The van der Waals surface area contributed by atoms with Gasteiger partial charge in [0, 0.05) is 25.7 Å². The van der Waals surface area contributed by atoms with Crippen LogP contribution in [-0.2, 0) is 5.60 Å². The second-order valence-corrected chi connectivity index (χ2v) is 7.29. The van der Waals surface area contributed by atoms with Crippen molar-refractivity contribution < 1.29 is 5.11 Å². The van der Waals surface area contributed by atoms with Crippen molar-refractivity contribution in [2.75, 3.05) is 26.7 Å². The summed E-state index contributed by atoms with van der Waals surface area (Å²) in [5.41, 5.74) is 0.285. The normalized spacial score (nSPS) is 34.4. The number of rotatable bonds is 4. The largest absolute Gasteiger partial charge is 0.384 e. The zero-order valence-corrected chi connectivity index (χ0v) is 12.6. The molecule has 0 radical (unpaired) electrons. The first-order chi connectivity index (χ1) is 9.06. The summed E-state index contributed by atoms with van der Waals surface area (Å²) < 4.78 is 0. The van der Waals surface area contributed by atoms with E-state index in [-0.39, 0.29) is 0 Å². The van der Waals surface area contributed by atoms with Gasteiger partial charge in [0.25, 0.3) is 0 Å². The summed E-state index contributed by atoms with van der Waals surface area (Å²) in [6.45, 7) is 4.98. The van der Waals surface area contributed by atoms with Gasteiger partial charge in [-0.05, 0) is 61.0 Å². The third-order valence-electron chi connectivity index (χ3n) is 4.84. The number of piperidine rings is 1. The molecule has 2 bridgehead atoms. The van der Waals surface area contributed by atoms with Crippen molar-refractivity contribution in [2.45, 2.75) is 31.4 Å². The van der Waals surface area contributed by atoms with Gasteiger partial charge >= 0.3 is 0 Å². The van der Waals surface area contributed by atoms with Crippen LogP contribution in [0, 0.1) is 11.8 Å². The molecule has 1 saturated heterocycles. The molecule has 0 amide bonds. The zero-order chi connectivity index (χ0) is 13.5. The molecule has 2 N–H and O–H groups in total. The maximum absolute atomic E-state index is 10.6. The molecule has 3 unspecified atom stereocenters. The van der Waals surface area contributed by atoms with E-state index in [1.807, 2.05) is 23.8 Å². The molecule has 19 heavy (non-hydrogen) atoms. The first-order valence-electron chi connectivity index (χ1n) is 7.23. The Hall–Kier alpha value is -0.420. The van der Waals surface area contributed by atoms with Crippen LogP contribution >= 0.6 is 11.3 Å². The quantitative estimate of drug-likeness (QED) is 0.884. The fraction of sp³-hybridized carbons (Fsp3) is 0.733. The van der Waals surface area contributed by atoms with Crippen LogP contribution < -0.4 is 5.32 Å². The number of nitrogens with one attached hydrogen (secondary N) is 1. The lowest BCUT2D eigenvalue weighted by atomic mass is 9.91. The van der Waals surface area contributed by atoms with E-state index < -0.39 is 5.60 Å². The van der Waals surface area contributed by atoms with Gasteiger partial charge in [0.05, 0.1) is 5.60 Å². The van der Waals surface area contributed by atoms with Gasteiger partial charge in [-0.1, -0.05) is 0 Å². The van der Waals surface area contributed by atoms with Crippen LogP contribution in [0.2, 0.25) is 0 Å². The molecule has 2 fully saturated rings. The molecule has 1 aliphatic carbocycles. The Morgan fingerprint density at radius 1 is 1.42 bits per heavy atom. The van der Waals surface area contributed by atoms with Crippen molar-refractivity contribution in [3.05, 3.63) is 22.4 Å². The van der Waals surface area contributed by atoms with Crippen molar-refractivity contribution in [2.24, 2.45) is 11.8 Å². The minimum absolute atomic E-state index is 0.598. The highest BCUT2D eigenvalue weighted by Gasteiger charge is 2.41. The second-order valence-electron chi connectivity index (χ2n) is 6.51. The van der Waals surface area contributed by atoms with Gasteiger partial charge in [0.15, 0.2) is 0 Å². The summed E-state index contributed by atoms with van der Waals surface area (Å²) in [5.74, 6) is 1.53. The standard InChI is InChI=1S/C15H24N2OS/c1-15(18,13-5-6-19-9-13)10-16-14-11-3-4-12(14)8-17(2)7-11/h5-6,9,11-12,14,16,18H,3-4,7-8,10H2,1-2H3. The lowest BCUT2D eigenvalue weighted by Crippen LogP contribution is -2.52. The first-order valence-corrected chi connectivity index (χ1v) is 8.17. The van der Waals surface area contributed by atoms with E-state index in [2.05, 4.69) is 17.3 Å². The van der Waals surface area contributed by atoms with Gasteiger partial charge in [-0.15, -0.1) is 0 Å². The molecule has 1 saturated carbocycles. The monoisotopic (exact) mass is 280 g/mol. The second kappa shape index (κ2) is 5.17. The Morgan fingerprint density at radius 3 is 2.68 bits per heavy atom. The van der Waals surface area contributed by atoms with E-state index in [0.717, 1.165) is 17.4 Å². The predicted octanol–water partition coefficient (Wildman–Crippen LogP) is 1.89. The molecule has 106 valence electrons. The third-order valence-corrected chi connectivity index (χ3v) is 5.52. The summed E-state index contributed by atoms with van der Waals surface area (Å²) in [5, 5.41) is 18.3. The average Bonchev–Trinajstić information content (AvgIpc) is 2.95. The number of aliphatic hydroxyl groups is 1. The number of thiophene rings is 1. The van der Waals surface area contributed by atoms with Crippen LogP contribution in [-0.4, -0.2) is 42.7 Å². The van der Waals surface area contributed by atoms with Crippen LogP contribution in [0.15, 0.2) is 16.8 Å². The highest BCUT2D eigenvalue weighted by atomic mass is 32.1. The SMILES string of the molecule is CN1CC2CCC(C1)C2NCC(C)(O)c1ccsc1. The van der Waals surface area contributed by atoms with Crippen LogP contribution in [0.3, 0.4) is 0 Å². The summed E-state index contributed by atoms with van der Waals surface area (Å²) in [6.07, 6.45) is 2.68. The third kappa shape index (κ3) is 2.72. The Morgan fingerprint density at radius 2 is 2.11 bits per heavy atom. The lowest BCUT2D eigenvalue weighted by Gasteiger charge is -2.38. The number of fused-ring (bicyclic) bond motifs is 2. The molecule has 3 nitrogen and oxygen atoms in total. The van der Waals surface area contributed by atoms with Gasteiger partial charge in [0.2, 0.25) is 0 Å². The maximum atomic E-state index is 10.6. The lowest BCUT2D eigenvalue weighted by molar-refractivity contribution is 0.0444. The molecule has 1 aliphatic heterocycles. The molecule has 0 aromatic carbocycles. The fourth-order valence-electron chi connectivity index (χ4n) is 3.78. The van der Waals surface area contributed by atoms with Gasteiger partial charge in [0.1, 0.15) is 0 Å². The van der Waals surface area contributed by atoms with Crippen molar-refractivity contribution in [3.63, 3.8) is 0 Å². The summed E-state index contributed by atoms with van der Waals surface area (Å²) in [7, 11) is 2.23. The van der Waals surface area contributed by atoms with E-state index in [0.29, 0.717) is 12.6 Å². The smallest absolute Gasteiger partial charge is 0.1000 e. The Balaban J connectivity index is 1.61. The molecule has 3 rings (SSSR count). The highest BCUT2D eigenvalue weighted by molar-refractivity contribution is 7.08. The number of hydrogen-bond acceptors (Lipinski definition) is 4. The van der Waals surface area contributed by atoms with Gasteiger partial charge in [-0.3, -0.25) is 0 Å². The molecule has 0 spiro atoms. The average molecular weight is 280 g/mol. The molecule has 2 heterocycles. The predicted molar refractivity (Wildman–Crippen MR) is 79.4 cm³/mol. The van der Waals surface area contributed by atoms with E-state index in [1.165, 1.54) is 25.9 Å². The molecule has 3 atom stereocenters. The van der Waals surface area contributed by atoms with E-state index in [4.69, 9.17) is 0 Å². The number of likely N-dealkylation sites (tertiary alicyclic amines) is 1. The van der Waals surface area contributed by atoms with Crippen molar-refractivity contribution in [1.29, 1.82) is 0 Å². The molecule has 1 aromatic heterocycles. The van der Waals surface area contributed by atoms with E-state index in [9.17, 15) is 5.11 Å². The zero-order valence-electron chi connectivity index (χ0n) is 11.8. The summed E-state index contributed by atoms with van der Waals surface area (Å²) in [6, 6.07) is 2.62. The van der Waals surface area contributed by atoms with Crippen LogP contribution in [0.1, 0.15) is 25.3 Å². The van der Waals surface area contributed by atoms with E-state index >= 15 is 0 Å². The van der Waals surface area contributed by atoms with E-state index in [1.54, 1.807) is 11.3 Å². The van der Waals surface area contributed by atoms with Crippen LogP contribution in [0.5, 0.6) is 0 Å². The molecule has 4 heteroatoms. The summed E-state index contributed by atoms with van der Waals surface area (Å²) >= 11 is 1.65. The Bertz CT molecular complexity index is 404. The molecule has 2 aliphatic rings. The molecule has 1 aromatic rings. The van der Waals surface area contributed by atoms with Gasteiger partial charge < -0.3 is 15.3 Å². The minimum Gasteiger partial charge on any atom is -0.384 e. The fourth-order valence-corrected chi connectivity index (χ4v) is 4.56. The Labute approximate surface area is 119 Å². The highest BCUT2D eigenvalue weighted by Crippen LogP contribution is 2.36. The Kier molecular flexibility index (Phi) is 3.69. The minimum atomic E-state index is -0.747. The first kappa shape index (κ1) is 13.6. The van der Waals surface area contributed by atoms with Crippen molar-refractivity contribution in [1.82, 2.24) is 10.2 Å². The van der Waals surface area contributed by atoms with Crippen LogP contribution in [0.4, 0.5) is 0 Å².